The minimum absolute atomic E-state index is 0.0392. The Morgan fingerprint density at radius 3 is 2.00 bits per heavy atom. The van der Waals surface area contributed by atoms with Crippen molar-refractivity contribution in [3.8, 4) is 0 Å². The molecule has 2 N–H and O–H groups in total. The first kappa shape index (κ1) is 22.3. The lowest BCUT2D eigenvalue weighted by Gasteiger charge is -2.15. The van der Waals surface area contributed by atoms with E-state index in [0.717, 1.165) is 8.47 Å². The van der Waals surface area contributed by atoms with Gasteiger partial charge in [-0.2, -0.15) is 0 Å². The number of anilines is 3. The van der Waals surface area contributed by atoms with Crippen LogP contribution in [0.2, 0.25) is 5.02 Å². The fourth-order valence-corrected chi connectivity index (χ4v) is 3.72. The highest BCUT2D eigenvalue weighted by Gasteiger charge is 2.38. The highest BCUT2D eigenvalue weighted by molar-refractivity contribution is 14.1. The van der Waals surface area contributed by atoms with E-state index in [2.05, 4.69) is 33.2 Å². The molecular weight excluding hydrogens is 564 g/mol. The molecule has 0 saturated heterocycles. The topological polar surface area (TPSA) is 78.5 Å². The SMILES string of the molecule is O=C(Nc1ccc(I)cc1)c1ccc(NC2=C(Cl)C(=O)N(c3ccc(Cl)cc3)C2=O)cc1. The van der Waals surface area contributed by atoms with Crippen molar-refractivity contribution in [3.05, 3.63) is 97.7 Å². The predicted molar refractivity (Wildman–Crippen MR) is 134 cm³/mol. The Balaban J connectivity index is 1.47. The molecule has 3 amide bonds. The molecule has 3 aromatic rings. The van der Waals surface area contributed by atoms with Crippen LogP contribution in [0, 0.1) is 3.57 Å². The molecule has 0 bridgehead atoms. The second-order valence-corrected chi connectivity index (χ2v) is 8.83. The maximum absolute atomic E-state index is 12.8. The lowest BCUT2D eigenvalue weighted by atomic mass is 10.2. The van der Waals surface area contributed by atoms with Gasteiger partial charge in [0.25, 0.3) is 17.7 Å². The van der Waals surface area contributed by atoms with Crippen molar-refractivity contribution in [1.29, 1.82) is 0 Å². The monoisotopic (exact) mass is 577 g/mol. The Labute approximate surface area is 207 Å². The van der Waals surface area contributed by atoms with Gasteiger partial charge in [-0.05, 0) is 95.4 Å². The van der Waals surface area contributed by atoms with Crippen molar-refractivity contribution in [3.63, 3.8) is 0 Å². The van der Waals surface area contributed by atoms with Gasteiger partial charge in [0.2, 0.25) is 0 Å². The van der Waals surface area contributed by atoms with E-state index in [0.29, 0.717) is 27.6 Å². The first-order valence-corrected chi connectivity index (χ1v) is 11.1. The summed E-state index contributed by atoms with van der Waals surface area (Å²) < 4.78 is 1.07. The second-order valence-electron chi connectivity index (χ2n) is 6.77. The fourth-order valence-electron chi connectivity index (χ4n) is 3.02. The Kier molecular flexibility index (Phi) is 6.50. The quantitative estimate of drug-likeness (QED) is 0.304. The molecule has 0 fully saturated rings. The average Bonchev–Trinajstić information content (AvgIpc) is 3.00. The third-order valence-electron chi connectivity index (χ3n) is 4.63. The molecule has 1 aliphatic heterocycles. The number of halogens is 3. The maximum atomic E-state index is 12.8. The van der Waals surface area contributed by atoms with E-state index >= 15 is 0 Å². The van der Waals surface area contributed by atoms with Crippen LogP contribution in [0.5, 0.6) is 0 Å². The van der Waals surface area contributed by atoms with Crippen LogP contribution in [0.1, 0.15) is 10.4 Å². The standard InChI is InChI=1S/C23H14Cl2IN3O3/c24-14-3-11-18(12-4-14)29-22(31)19(25)20(23(29)32)27-16-7-1-13(2-8-16)21(30)28-17-9-5-15(26)6-10-17/h1-12,27H,(H,28,30). The van der Waals surface area contributed by atoms with Gasteiger partial charge in [0.1, 0.15) is 10.7 Å². The van der Waals surface area contributed by atoms with E-state index in [-0.39, 0.29) is 16.6 Å². The zero-order valence-corrected chi connectivity index (χ0v) is 19.9. The Hall–Kier alpha value is -2.88. The van der Waals surface area contributed by atoms with Crippen LogP contribution < -0.4 is 15.5 Å². The number of nitrogens with one attached hydrogen (secondary N) is 2. The average molecular weight is 578 g/mol. The molecule has 4 rings (SSSR count). The molecule has 160 valence electrons. The predicted octanol–water partition coefficient (Wildman–Crippen LogP) is 5.63. The molecule has 0 spiro atoms. The van der Waals surface area contributed by atoms with Gasteiger partial charge in [-0.25, -0.2) is 4.90 Å². The molecule has 1 heterocycles. The fraction of sp³-hybridized carbons (Fsp3) is 0. The third-order valence-corrected chi connectivity index (χ3v) is 5.95. The van der Waals surface area contributed by atoms with Gasteiger partial charge >= 0.3 is 0 Å². The van der Waals surface area contributed by atoms with Crippen molar-refractivity contribution in [2.24, 2.45) is 0 Å². The van der Waals surface area contributed by atoms with Crippen LogP contribution in [0.3, 0.4) is 0 Å². The molecule has 32 heavy (non-hydrogen) atoms. The summed E-state index contributed by atoms with van der Waals surface area (Å²) in [4.78, 5) is 38.8. The van der Waals surface area contributed by atoms with Gasteiger partial charge in [-0.15, -0.1) is 0 Å². The maximum Gasteiger partial charge on any atom is 0.283 e. The molecule has 1 aliphatic rings. The van der Waals surface area contributed by atoms with Crippen molar-refractivity contribution >= 4 is 80.6 Å². The van der Waals surface area contributed by atoms with Crippen LogP contribution in [0.4, 0.5) is 17.1 Å². The molecule has 6 nitrogen and oxygen atoms in total. The third kappa shape index (κ3) is 4.64. The lowest BCUT2D eigenvalue weighted by Crippen LogP contribution is -2.32. The van der Waals surface area contributed by atoms with Crippen molar-refractivity contribution in [2.45, 2.75) is 0 Å². The number of amides is 3. The second kappa shape index (κ2) is 9.32. The minimum Gasteiger partial charge on any atom is -0.350 e. The highest BCUT2D eigenvalue weighted by atomic mass is 127. The number of carbonyl (C=O) groups is 3. The van der Waals surface area contributed by atoms with Gasteiger partial charge in [0.15, 0.2) is 0 Å². The van der Waals surface area contributed by atoms with Crippen LogP contribution >= 0.6 is 45.8 Å². The zero-order valence-electron chi connectivity index (χ0n) is 16.2. The van der Waals surface area contributed by atoms with E-state index in [1.165, 1.54) is 0 Å². The normalized spacial score (nSPS) is 13.5. The van der Waals surface area contributed by atoms with Crippen molar-refractivity contribution in [2.75, 3.05) is 15.5 Å². The summed E-state index contributed by atoms with van der Waals surface area (Å²) in [6.45, 7) is 0. The van der Waals surface area contributed by atoms with E-state index < -0.39 is 11.8 Å². The van der Waals surface area contributed by atoms with E-state index in [1.54, 1.807) is 48.5 Å². The molecule has 3 aromatic carbocycles. The van der Waals surface area contributed by atoms with Gasteiger partial charge < -0.3 is 10.6 Å². The Morgan fingerprint density at radius 2 is 1.38 bits per heavy atom. The van der Waals surface area contributed by atoms with E-state index in [4.69, 9.17) is 23.2 Å². The summed E-state index contributed by atoms with van der Waals surface area (Å²) in [5.41, 5.74) is 1.95. The largest absolute Gasteiger partial charge is 0.350 e. The number of nitrogens with zero attached hydrogens (tertiary/aromatic N) is 1. The number of carbonyl (C=O) groups excluding carboxylic acids is 3. The summed E-state index contributed by atoms with van der Waals surface area (Å²) in [7, 11) is 0. The molecule has 0 atom stereocenters. The van der Waals surface area contributed by atoms with E-state index in [1.807, 2.05) is 24.3 Å². The van der Waals surface area contributed by atoms with Gasteiger partial charge in [0, 0.05) is 25.5 Å². The number of rotatable bonds is 5. The summed E-state index contributed by atoms with van der Waals surface area (Å²) in [6.07, 6.45) is 0. The Bertz CT molecular complexity index is 1240. The van der Waals surface area contributed by atoms with Gasteiger partial charge in [0.05, 0.1) is 5.69 Å². The molecule has 0 saturated carbocycles. The Morgan fingerprint density at radius 1 is 0.781 bits per heavy atom. The van der Waals surface area contributed by atoms with Crippen LogP contribution in [-0.4, -0.2) is 17.7 Å². The smallest absolute Gasteiger partial charge is 0.283 e. The number of hydrogen-bond donors (Lipinski definition) is 2. The van der Waals surface area contributed by atoms with Crippen LogP contribution in [0.25, 0.3) is 0 Å². The van der Waals surface area contributed by atoms with Crippen LogP contribution in [-0.2, 0) is 9.59 Å². The first-order valence-electron chi connectivity index (χ1n) is 9.31. The molecule has 0 aromatic heterocycles. The van der Waals surface area contributed by atoms with Crippen LogP contribution in [0.15, 0.2) is 83.5 Å². The molecule has 0 aliphatic carbocycles. The zero-order chi connectivity index (χ0) is 22.8. The van der Waals surface area contributed by atoms with Crippen molar-refractivity contribution in [1.82, 2.24) is 0 Å². The number of imide groups is 1. The lowest BCUT2D eigenvalue weighted by molar-refractivity contribution is -0.120. The summed E-state index contributed by atoms with van der Waals surface area (Å²) in [6, 6.07) is 20.2. The minimum atomic E-state index is -0.630. The molecule has 0 unspecified atom stereocenters. The van der Waals surface area contributed by atoms with Gasteiger partial charge in [-0.3, -0.25) is 14.4 Å². The summed E-state index contributed by atoms with van der Waals surface area (Å²) in [5.74, 6) is -1.48. The summed E-state index contributed by atoms with van der Waals surface area (Å²) in [5, 5.41) is 5.96. The molecule has 9 heteroatoms. The molecule has 0 radical (unpaired) electrons. The number of hydrogen-bond acceptors (Lipinski definition) is 4. The molecular formula is C23H14Cl2IN3O3. The first-order chi connectivity index (χ1) is 15.3. The highest BCUT2D eigenvalue weighted by Crippen LogP contribution is 2.30. The summed E-state index contributed by atoms with van der Waals surface area (Å²) >= 11 is 14.2. The van der Waals surface area contributed by atoms with E-state index in [9.17, 15) is 14.4 Å². The van der Waals surface area contributed by atoms with Gasteiger partial charge in [-0.1, -0.05) is 23.2 Å². The number of benzene rings is 3. The van der Waals surface area contributed by atoms with Crippen molar-refractivity contribution < 1.29 is 14.4 Å².